The number of rotatable bonds is 4. The second-order valence-corrected chi connectivity index (χ2v) is 7.07. The Bertz CT molecular complexity index is 860. The van der Waals surface area contributed by atoms with Crippen LogP contribution in [-0.4, -0.2) is 37.1 Å². The molecule has 1 aliphatic heterocycles. The molecule has 4 heteroatoms. The highest BCUT2D eigenvalue weighted by molar-refractivity contribution is 5.84. The summed E-state index contributed by atoms with van der Waals surface area (Å²) < 4.78 is 13.8. The Morgan fingerprint density at radius 2 is 1.76 bits per heavy atom. The fraction of sp³-hybridized carbons (Fsp3) is 0.333. The van der Waals surface area contributed by atoms with Crippen LogP contribution in [0.3, 0.4) is 0 Å². The summed E-state index contributed by atoms with van der Waals surface area (Å²) in [6.45, 7) is 2.17. The molecule has 0 amide bonds. The standard InChI is InChI=1S/C21H24FN3/c1-24(2)17-8-5-15(6-9-17)21(25-11-3-4-12-25)19-14-23-20-10-7-16(22)13-18(19)20/h5-10,13-14,21,23H,3-4,11-12H2,1-2H3. The van der Waals surface area contributed by atoms with E-state index in [-0.39, 0.29) is 11.9 Å². The summed E-state index contributed by atoms with van der Waals surface area (Å²) in [4.78, 5) is 7.94. The molecule has 0 saturated carbocycles. The number of aromatic nitrogens is 1. The summed E-state index contributed by atoms with van der Waals surface area (Å²) in [7, 11) is 4.10. The van der Waals surface area contributed by atoms with E-state index in [9.17, 15) is 4.39 Å². The summed E-state index contributed by atoms with van der Waals surface area (Å²) in [5.41, 5.74) is 4.60. The van der Waals surface area contributed by atoms with Gasteiger partial charge in [0, 0.05) is 36.9 Å². The van der Waals surface area contributed by atoms with E-state index >= 15 is 0 Å². The zero-order valence-corrected chi connectivity index (χ0v) is 14.8. The van der Waals surface area contributed by atoms with Gasteiger partial charge in [-0.3, -0.25) is 4.90 Å². The predicted octanol–water partition coefficient (Wildman–Crippen LogP) is 4.56. The number of aromatic amines is 1. The van der Waals surface area contributed by atoms with Crippen molar-refractivity contribution < 1.29 is 4.39 Å². The van der Waals surface area contributed by atoms with Crippen LogP contribution in [0.1, 0.15) is 30.0 Å². The lowest BCUT2D eigenvalue weighted by atomic mass is 9.96. The van der Waals surface area contributed by atoms with E-state index < -0.39 is 0 Å². The first kappa shape index (κ1) is 16.2. The van der Waals surface area contributed by atoms with E-state index in [2.05, 4.69) is 53.1 Å². The molecule has 130 valence electrons. The molecule has 1 aliphatic rings. The molecule has 0 bridgehead atoms. The van der Waals surface area contributed by atoms with E-state index in [1.54, 1.807) is 6.07 Å². The van der Waals surface area contributed by atoms with Crippen LogP contribution in [0.5, 0.6) is 0 Å². The van der Waals surface area contributed by atoms with Gasteiger partial charge in [-0.25, -0.2) is 4.39 Å². The van der Waals surface area contributed by atoms with Crippen LogP contribution in [0.15, 0.2) is 48.7 Å². The summed E-state index contributed by atoms with van der Waals surface area (Å²) in [5.74, 6) is -0.184. The van der Waals surface area contributed by atoms with Gasteiger partial charge in [0.2, 0.25) is 0 Å². The number of benzene rings is 2. The Morgan fingerprint density at radius 3 is 2.44 bits per heavy atom. The molecule has 3 nitrogen and oxygen atoms in total. The molecule has 1 fully saturated rings. The van der Waals surface area contributed by atoms with Crippen LogP contribution >= 0.6 is 0 Å². The van der Waals surface area contributed by atoms with Crippen molar-refractivity contribution in [1.82, 2.24) is 9.88 Å². The van der Waals surface area contributed by atoms with Crippen molar-refractivity contribution in [2.75, 3.05) is 32.1 Å². The molecule has 1 saturated heterocycles. The molecular weight excluding hydrogens is 313 g/mol. The Labute approximate surface area is 148 Å². The maximum Gasteiger partial charge on any atom is 0.123 e. The number of hydrogen-bond donors (Lipinski definition) is 1. The Hall–Kier alpha value is -2.33. The Balaban J connectivity index is 1.81. The van der Waals surface area contributed by atoms with Crippen LogP contribution in [0.4, 0.5) is 10.1 Å². The van der Waals surface area contributed by atoms with Crippen molar-refractivity contribution in [3.63, 3.8) is 0 Å². The quantitative estimate of drug-likeness (QED) is 0.754. The average Bonchev–Trinajstić information content (AvgIpc) is 3.26. The number of halogens is 1. The molecule has 0 spiro atoms. The first-order chi connectivity index (χ1) is 12.1. The number of likely N-dealkylation sites (tertiary alicyclic amines) is 1. The topological polar surface area (TPSA) is 22.3 Å². The number of H-pyrrole nitrogens is 1. The fourth-order valence-electron chi connectivity index (χ4n) is 3.88. The highest BCUT2D eigenvalue weighted by Crippen LogP contribution is 2.36. The van der Waals surface area contributed by atoms with E-state index in [1.165, 1.54) is 30.2 Å². The van der Waals surface area contributed by atoms with Crippen molar-refractivity contribution in [2.24, 2.45) is 0 Å². The molecule has 0 aliphatic carbocycles. The van der Waals surface area contributed by atoms with Gasteiger partial charge in [0.15, 0.2) is 0 Å². The molecule has 4 rings (SSSR count). The summed E-state index contributed by atoms with van der Waals surface area (Å²) in [6, 6.07) is 13.9. The zero-order chi connectivity index (χ0) is 17.4. The summed E-state index contributed by atoms with van der Waals surface area (Å²) in [5, 5.41) is 0.980. The van der Waals surface area contributed by atoms with Crippen molar-refractivity contribution >= 4 is 16.6 Å². The normalized spacial score (nSPS) is 16.4. The molecule has 1 atom stereocenters. The van der Waals surface area contributed by atoms with Gasteiger partial charge in [0.1, 0.15) is 5.82 Å². The Morgan fingerprint density at radius 1 is 1.04 bits per heavy atom. The minimum Gasteiger partial charge on any atom is -0.378 e. The number of anilines is 1. The second kappa shape index (κ2) is 6.52. The van der Waals surface area contributed by atoms with Crippen LogP contribution in [0.2, 0.25) is 0 Å². The van der Waals surface area contributed by atoms with Crippen molar-refractivity contribution in [2.45, 2.75) is 18.9 Å². The molecule has 25 heavy (non-hydrogen) atoms. The first-order valence-corrected chi connectivity index (χ1v) is 8.91. The van der Waals surface area contributed by atoms with Crippen molar-refractivity contribution in [3.05, 3.63) is 65.6 Å². The highest BCUT2D eigenvalue weighted by atomic mass is 19.1. The molecule has 1 N–H and O–H groups in total. The van der Waals surface area contributed by atoms with Gasteiger partial charge < -0.3 is 9.88 Å². The molecule has 2 aromatic carbocycles. The van der Waals surface area contributed by atoms with Crippen LogP contribution in [0.25, 0.3) is 10.9 Å². The SMILES string of the molecule is CN(C)c1ccc(C(c2c[nH]c3ccc(F)cc23)N2CCCC2)cc1. The molecule has 1 aromatic heterocycles. The predicted molar refractivity (Wildman–Crippen MR) is 102 cm³/mol. The van der Waals surface area contributed by atoms with Crippen molar-refractivity contribution in [1.29, 1.82) is 0 Å². The van der Waals surface area contributed by atoms with Gasteiger partial charge in [-0.2, -0.15) is 0 Å². The minimum atomic E-state index is -0.184. The highest BCUT2D eigenvalue weighted by Gasteiger charge is 2.27. The molecule has 2 heterocycles. The lowest BCUT2D eigenvalue weighted by Crippen LogP contribution is -2.26. The summed E-state index contributed by atoms with van der Waals surface area (Å²) in [6.07, 6.45) is 4.50. The van der Waals surface area contributed by atoms with E-state index in [0.29, 0.717) is 0 Å². The maximum absolute atomic E-state index is 13.8. The molecule has 1 unspecified atom stereocenters. The third-order valence-electron chi connectivity index (χ3n) is 5.20. The van der Waals surface area contributed by atoms with Gasteiger partial charge in [0.05, 0.1) is 6.04 Å². The molecule has 3 aromatic rings. The Kier molecular flexibility index (Phi) is 4.22. The third kappa shape index (κ3) is 3.02. The lowest BCUT2D eigenvalue weighted by Gasteiger charge is -2.28. The molecule has 0 radical (unpaired) electrons. The fourth-order valence-corrected chi connectivity index (χ4v) is 3.88. The number of hydrogen-bond acceptors (Lipinski definition) is 2. The van der Waals surface area contributed by atoms with E-state index in [1.807, 2.05) is 12.3 Å². The molecular formula is C21H24FN3. The van der Waals surface area contributed by atoms with Gasteiger partial charge in [0.25, 0.3) is 0 Å². The maximum atomic E-state index is 13.8. The second-order valence-electron chi connectivity index (χ2n) is 7.07. The zero-order valence-electron chi connectivity index (χ0n) is 14.8. The number of fused-ring (bicyclic) bond motifs is 1. The smallest absolute Gasteiger partial charge is 0.123 e. The van der Waals surface area contributed by atoms with Crippen LogP contribution in [-0.2, 0) is 0 Å². The number of nitrogens with one attached hydrogen (secondary N) is 1. The lowest BCUT2D eigenvalue weighted by molar-refractivity contribution is 0.282. The van der Waals surface area contributed by atoms with E-state index in [0.717, 1.165) is 29.6 Å². The van der Waals surface area contributed by atoms with Gasteiger partial charge >= 0.3 is 0 Å². The van der Waals surface area contributed by atoms with E-state index in [4.69, 9.17) is 0 Å². The third-order valence-corrected chi connectivity index (χ3v) is 5.20. The van der Waals surface area contributed by atoms with Crippen molar-refractivity contribution in [3.8, 4) is 0 Å². The van der Waals surface area contributed by atoms with Gasteiger partial charge in [-0.15, -0.1) is 0 Å². The van der Waals surface area contributed by atoms with Gasteiger partial charge in [-0.1, -0.05) is 12.1 Å². The van der Waals surface area contributed by atoms with Gasteiger partial charge in [-0.05, 0) is 67.4 Å². The number of nitrogens with zero attached hydrogens (tertiary/aromatic N) is 2. The monoisotopic (exact) mass is 337 g/mol. The van der Waals surface area contributed by atoms with Crippen LogP contribution < -0.4 is 4.90 Å². The largest absolute Gasteiger partial charge is 0.378 e. The summed E-state index contributed by atoms with van der Waals surface area (Å²) >= 11 is 0. The minimum absolute atomic E-state index is 0.161. The average molecular weight is 337 g/mol. The van der Waals surface area contributed by atoms with Crippen LogP contribution in [0, 0.1) is 5.82 Å². The first-order valence-electron chi connectivity index (χ1n) is 8.91.